The summed E-state index contributed by atoms with van der Waals surface area (Å²) in [5.74, 6) is -0.553. The van der Waals surface area contributed by atoms with E-state index >= 15 is 0 Å². The molecule has 0 spiro atoms. The highest BCUT2D eigenvalue weighted by Gasteiger charge is 2.15. The highest BCUT2D eigenvalue weighted by atomic mass is 35.5. The molecule has 2 aromatic carbocycles. The van der Waals surface area contributed by atoms with Gasteiger partial charge in [-0.1, -0.05) is 47.0 Å². The van der Waals surface area contributed by atoms with Crippen molar-refractivity contribution in [3.63, 3.8) is 0 Å². The molecule has 0 saturated heterocycles. The molecule has 8 heteroatoms. The number of halogens is 2. The van der Waals surface area contributed by atoms with Gasteiger partial charge in [0, 0.05) is 22.2 Å². The maximum atomic E-state index is 12.1. The Kier molecular flexibility index (Phi) is 6.84. The summed E-state index contributed by atoms with van der Waals surface area (Å²) in [4.78, 5) is 11.9. The summed E-state index contributed by atoms with van der Waals surface area (Å²) in [6.45, 7) is 1.73. The van der Waals surface area contributed by atoms with Gasteiger partial charge in [-0.15, -0.1) is 0 Å². The molecule has 25 heavy (non-hydrogen) atoms. The smallest absolute Gasteiger partial charge is 0.307 e. The quantitative estimate of drug-likeness (QED) is 0.717. The summed E-state index contributed by atoms with van der Waals surface area (Å²) < 4.78 is 31.6. The van der Waals surface area contributed by atoms with E-state index in [1.54, 1.807) is 30.3 Å². The van der Waals surface area contributed by atoms with E-state index in [1.807, 2.05) is 6.92 Å². The first-order chi connectivity index (χ1) is 11.8. The number of esters is 1. The number of hydrogen-bond acceptors (Lipinski definition) is 4. The third-order valence-corrected chi connectivity index (χ3v) is 5.58. The van der Waals surface area contributed by atoms with E-state index in [4.69, 9.17) is 27.9 Å². The molecule has 2 rings (SSSR count). The predicted octanol–water partition coefficient (Wildman–Crippen LogP) is 3.71. The highest BCUT2D eigenvalue weighted by Crippen LogP contribution is 2.24. The molecule has 2 aromatic rings. The lowest BCUT2D eigenvalue weighted by Crippen LogP contribution is -2.26. The molecule has 0 fully saturated rings. The Balaban J connectivity index is 1.83. The average molecular weight is 402 g/mol. The van der Waals surface area contributed by atoms with Gasteiger partial charge in [-0.05, 0) is 31.2 Å². The van der Waals surface area contributed by atoms with Crippen LogP contribution in [0.25, 0.3) is 0 Å². The normalized spacial score (nSPS) is 11.3. The van der Waals surface area contributed by atoms with Crippen LogP contribution in [-0.2, 0) is 26.2 Å². The van der Waals surface area contributed by atoms with Crippen molar-refractivity contribution in [1.29, 1.82) is 0 Å². The van der Waals surface area contributed by atoms with Crippen LogP contribution in [0, 0.1) is 6.92 Å². The number of aryl methyl sites for hydroxylation is 1. The number of carbonyl (C=O) groups is 1. The number of nitrogens with one attached hydrogen (secondary N) is 1. The molecule has 0 aromatic heterocycles. The molecule has 0 aliphatic rings. The molecule has 0 heterocycles. The van der Waals surface area contributed by atoms with E-state index in [9.17, 15) is 13.2 Å². The second-order valence-electron chi connectivity index (χ2n) is 5.32. The highest BCUT2D eigenvalue weighted by molar-refractivity contribution is 7.89. The van der Waals surface area contributed by atoms with E-state index in [2.05, 4.69) is 4.72 Å². The average Bonchev–Trinajstić information content (AvgIpc) is 2.54. The van der Waals surface area contributed by atoms with Gasteiger partial charge in [0.1, 0.15) is 6.61 Å². The summed E-state index contributed by atoms with van der Waals surface area (Å²) >= 11 is 12.0. The molecular formula is C17H17Cl2NO4S. The van der Waals surface area contributed by atoms with Crippen molar-refractivity contribution in [2.75, 3.05) is 6.54 Å². The van der Waals surface area contributed by atoms with Gasteiger partial charge in [0.25, 0.3) is 0 Å². The summed E-state index contributed by atoms with van der Waals surface area (Å²) in [5, 5.41) is 0.806. The number of sulfonamides is 1. The molecule has 0 bridgehead atoms. The molecule has 1 N–H and O–H groups in total. The fraction of sp³-hybridized carbons (Fsp3) is 0.235. The Morgan fingerprint density at radius 3 is 2.28 bits per heavy atom. The van der Waals surface area contributed by atoms with Gasteiger partial charge in [-0.25, -0.2) is 13.1 Å². The monoisotopic (exact) mass is 401 g/mol. The number of rotatable bonds is 7. The minimum Gasteiger partial charge on any atom is -0.461 e. The van der Waals surface area contributed by atoms with Crippen LogP contribution in [0.15, 0.2) is 47.4 Å². The van der Waals surface area contributed by atoms with Gasteiger partial charge in [0.05, 0.1) is 11.3 Å². The number of benzene rings is 2. The Labute approximate surface area is 157 Å². The first-order valence-corrected chi connectivity index (χ1v) is 9.68. The van der Waals surface area contributed by atoms with Gasteiger partial charge in [-0.2, -0.15) is 0 Å². The Hall–Kier alpha value is -1.60. The van der Waals surface area contributed by atoms with Gasteiger partial charge >= 0.3 is 5.97 Å². The predicted molar refractivity (Wildman–Crippen MR) is 97.2 cm³/mol. The molecule has 0 amide bonds. The van der Waals surface area contributed by atoms with Crippen LogP contribution >= 0.6 is 23.2 Å². The van der Waals surface area contributed by atoms with Crippen LogP contribution in [0.3, 0.4) is 0 Å². The fourth-order valence-corrected chi connectivity index (χ4v) is 3.52. The lowest BCUT2D eigenvalue weighted by Gasteiger charge is -2.09. The van der Waals surface area contributed by atoms with Crippen LogP contribution in [0.1, 0.15) is 17.5 Å². The van der Waals surface area contributed by atoms with Crippen molar-refractivity contribution in [2.24, 2.45) is 0 Å². The Morgan fingerprint density at radius 2 is 1.68 bits per heavy atom. The SMILES string of the molecule is Cc1ccc(S(=O)(=O)NCCC(=O)OCc2c(Cl)cccc2Cl)cc1. The lowest BCUT2D eigenvalue weighted by atomic mass is 10.2. The summed E-state index contributed by atoms with van der Waals surface area (Å²) in [5.41, 5.74) is 1.47. The molecular weight excluding hydrogens is 385 g/mol. The molecule has 0 atom stereocenters. The van der Waals surface area contributed by atoms with Crippen molar-refractivity contribution < 1.29 is 17.9 Å². The largest absolute Gasteiger partial charge is 0.461 e. The van der Waals surface area contributed by atoms with Gasteiger partial charge in [0.15, 0.2) is 0 Å². The zero-order valence-corrected chi connectivity index (χ0v) is 15.8. The van der Waals surface area contributed by atoms with Crippen LogP contribution < -0.4 is 4.72 Å². The van der Waals surface area contributed by atoms with E-state index < -0.39 is 16.0 Å². The summed E-state index contributed by atoms with van der Waals surface area (Å²) in [6, 6.07) is 11.4. The first kappa shape index (κ1) is 19.7. The minimum absolute atomic E-state index is 0.0642. The third-order valence-electron chi connectivity index (χ3n) is 3.39. The fourth-order valence-electron chi connectivity index (χ4n) is 1.98. The zero-order chi connectivity index (χ0) is 18.4. The molecule has 0 aliphatic heterocycles. The first-order valence-electron chi connectivity index (χ1n) is 7.44. The lowest BCUT2D eigenvalue weighted by molar-refractivity contribution is -0.144. The van der Waals surface area contributed by atoms with E-state index in [1.165, 1.54) is 12.1 Å². The van der Waals surface area contributed by atoms with Crippen LogP contribution in [0.4, 0.5) is 0 Å². The second-order valence-corrected chi connectivity index (χ2v) is 7.90. The van der Waals surface area contributed by atoms with E-state index in [0.717, 1.165) is 5.56 Å². The number of ether oxygens (including phenoxy) is 1. The maximum Gasteiger partial charge on any atom is 0.307 e. The molecule has 0 unspecified atom stereocenters. The van der Waals surface area contributed by atoms with Crippen LogP contribution in [0.5, 0.6) is 0 Å². The number of hydrogen-bond donors (Lipinski definition) is 1. The molecule has 0 aliphatic carbocycles. The topological polar surface area (TPSA) is 72.5 Å². The molecule has 0 saturated carbocycles. The Bertz CT molecular complexity index is 831. The van der Waals surface area contributed by atoms with Gasteiger partial charge < -0.3 is 4.74 Å². The van der Waals surface area contributed by atoms with E-state index in [0.29, 0.717) is 15.6 Å². The van der Waals surface area contributed by atoms with Crippen LogP contribution in [0.2, 0.25) is 10.0 Å². The number of carbonyl (C=O) groups excluding carboxylic acids is 1. The van der Waals surface area contributed by atoms with Crippen molar-refractivity contribution in [1.82, 2.24) is 4.72 Å². The van der Waals surface area contributed by atoms with Crippen molar-refractivity contribution in [3.8, 4) is 0 Å². The van der Waals surface area contributed by atoms with Crippen LogP contribution in [-0.4, -0.2) is 20.9 Å². The molecule has 0 radical (unpaired) electrons. The molecule has 134 valence electrons. The molecule has 5 nitrogen and oxygen atoms in total. The van der Waals surface area contributed by atoms with Crippen molar-refractivity contribution in [2.45, 2.75) is 24.8 Å². The standard InChI is InChI=1S/C17H17Cl2NO4S/c1-12-5-7-13(8-6-12)25(22,23)20-10-9-17(21)24-11-14-15(18)3-2-4-16(14)19/h2-8,20H,9-11H2,1H3. The third kappa shape index (κ3) is 5.71. The second kappa shape index (κ2) is 8.67. The summed E-state index contributed by atoms with van der Waals surface area (Å²) in [7, 11) is -3.65. The Morgan fingerprint density at radius 1 is 1.08 bits per heavy atom. The zero-order valence-electron chi connectivity index (χ0n) is 13.5. The van der Waals surface area contributed by atoms with E-state index in [-0.39, 0.29) is 24.5 Å². The minimum atomic E-state index is -3.65. The van der Waals surface area contributed by atoms with Gasteiger partial charge in [0.2, 0.25) is 10.0 Å². The van der Waals surface area contributed by atoms with Crippen molar-refractivity contribution in [3.05, 3.63) is 63.6 Å². The van der Waals surface area contributed by atoms with Gasteiger partial charge in [-0.3, -0.25) is 4.79 Å². The van der Waals surface area contributed by atoms with Crippen molar-refractivity contribution >= 4 is 39.2 Å². The summed E-state index contributed by atoms with van der Waals surface area (Å²) in [6.07, 6.45) is -0.104. The maximum absolute atomic E-state index is 12.1.